The lowest BCUT2D eigenvalue weighted by Crippen LogP contribution is -2.41. The molecule has 0 bridgehead atoms. The van der Waals surface area contributed by atoms with E-state index >= 15 is 0 Å². The molecule has 38 heavy (non-hydrogen) atoms. The van der Waals surface area contributed by atoms with Gasteiger partial charge in [-0.1, -0.05) is 66.2 Å². The third-order valence-electron chi connectivity index (χ3n) is 6.21. The highest BCUT2D eigenvalue weighted by atomic mass is 35.5. The summed E-state index contributed by atoms with van der Waals surface area (Å²) in [5, 5.41) is 20.6. The van der Waals surface area contributed by atoms with E-state index in [-0.39, 0.29) is 12.6 Å². The maximum atomic E-state index is 11.9. The van der Waals surface area contributed by atoms with Crippen molar-refractivity contribution < 1.29 is 24.5 Å². The predicted molar refractivity (Wildman–Crippen MR) is 146 cm³/mol. The number of carbonyl (C=O) groups excluding carboxylic acids is 1. The summed E-state index contributed by atoms with van der Waals surface area (Å²) in [7, 11) is 0. The molecule has 0 unspecified atom stereocenters. The van der Waals surface area contributed by atoms with Crippen LogP contribution >= 0.6 is 11.6 Å². The molecule has 0 spiro atoms. The number of benzene rings is 3. The number of carbonyl (C=O) groups is 2. The summed E-state index contributed by atoms with van der Waals surface area (Å²) in [6.07, 6.45) is 0.527. The van der Waals surface area contributed by atoms with Crippen molar-refractivity contribution in [3.8, 4) is 22.6 Å². The van der Waals surface area contributed by atoms with Gasteiger partial charge in [-0.15, -0.1) is 0 Å². The third kappa shape index (κ3) is 6.76. The van der Waals surface area contributed by atoms with Crippen LogP contribution in [0.3, 0.4) is 0 Å². The molecule has 7 nitrogen and oxygen atoms in total. The van der Waals surface area contributed by atoms with Crippen molar-refractivity contribution in [1.29, 1.82) is 0 Å². The molecule has 0 saturated heterocycles. The van der Waals surface area contributed by atoms with Crippen molar-refractivity contribution in [2.75, 3.05) is 6.54 Å². The quantitative estimate of drug-likeness (QED) is 0.176. The maximum absolute atomic E-state index is 11.9. The van der Waals surface area contributed by atoms with Crippen molar-refractivity contribution in [2.45, 2.75) is 25.5 Å². The zero-order valence-corrected chi connectivity index (χ0v) is 21.5. The zero-order chi connectivity index (χ0) is 27.1. The summed E-state index contributed by atoms with van der Waals surface area (Å²) in [6, 6.07) is 25.2. The van der Waals surface area contributed by atoms with E-state index in [9.17, 15) is 19.8 Å². The molecule has 0 aliphatic rings. The van der Waals surface area contributed by atoms with Gasteiger partial charge < -0.3 is 19.8 Å². The highest BCUT2D eigenvalue weighted by molar-refractivity contribution is 6.29. The fraction of sp³-hybridized carbons (Fsp3) is 0.167. The molecule has 2 N–H and O–H groups in total. The molecular formula is C30H27ClN2O5. The second kappa shape index (κ2) is 12.4. The fourth-order valence-corrected chi connectivity index (χ4v) is 4.23. The molecule has 1 heterocycles. The van der Waals surface area contributed by atoms with E-state index in [1.807, 2.05) is 66.7 Å². The number of rotatable bonds is 10. The van der Waals surface area contributed by atoms with Gasteiger partial charge in [0.15, 0.2) is 6.29 Å². The molecule has 0 saturated carbocycles. The standard InChI is InChI=1S/C30H27ClN2O5/c1-20(33(30(36)37)18-27(35)24-13-14-29(31)32-17-24)15-21-7-9-22(10-8-21)23-11-12-25(19-34)28(16-23)38-26-5-3-2-4-6-26/h2-14,16-17,19-20,27,35H,15,18H2,1H3,(H,36,37)/t20-,27+/m1/s1. The summed E-state index contributed by atoms with van der Waals surface area (Å²) >= 11 is 5.80. The van der Waals surface area contributed by atoms with Crippen LogP contribution < -0.4 is 4.74 Å². The van der Waals surface area contributed by atoms with Crippen molar-refractivity contribution >= 4 is 24.0 Å². The SMILES string of the molecule is C[C@H](Cc1ccc(-c2ccc(C=O)c(Oc3ccccc3)c2)cc1)N(C[C@H](O)c1ccc(Cl)nc1)C(=O)O. The number of aldehydes is 1. The Balaban J connectivity index is 1.46. The van der Waals surface area contributed by atoms with Gasteiger partial charge in [0.2, 0.25) is 0 Å². The van der Waals surface area contributed by atoms with E-state index < -0.39 is 12.2 Å². The summed E-state index contributed by atoms with van der Waals surface area (Å²) in [4.78, 5) is 28.6. The molecule has 1 amide bonds. The minimum Gasteiger partial charge on any atom is -0.465 e. The molecule has 0 radical (unpaired) electrons. The first-order valence-electron chi connectivity index (χ1n) is 12.0. The zero-order valence-electron chi connectivity index (χ0n) is 20.7. The highest BCUT2D eigenvalue weighted by Gasteiger charge is 2.24. The minimum absolute atomic E-state index is 0.0921. The number of hydrogen-bond donors (Lipinski definition) is 2. The second-order valence-corrected chi connectivity index (χ2v) is 9.29. The van der Waals surface area contributed by atoms with Gasteiger partial charge in [0.25, 0.3) is 0 Å². The van der Waals surface area contributed by atoms with Crippen LogP contribution in [0.5, 0.6) is 11.5 Å². The lowest BCUT2D eigenvalue weighted by molar-refractivity contribution is 0.0797. The van der Waals surface area contributed by atoms with Gasteiger partial charge >= 0.3 is 6.09 Å². The predicted octanol–water partition coefficient (Wildman–Crippen LogP) is 6.65. The van der Waals surface area contributed by atoms with Crippen LogP contribution in [0, 0.1) is 0 Å². The molecular weight excluding hydrogens is 504 g/mol. The van der Waals surface area contributed by atoms with E-state index in [2.05, 4.69) is 4.98 Å². The normalized spacial score (nSPS) is 12.4. The summed E-state index contributed by atoms with van der Waals surface area (Å²) in [5.74, 6) is 1.10. The number of ether oxygens (including phenoxy) is 1. The van der Waals surface area contributed by atoms with E-state index in [4.69, 9.17) is 16.3 Å². The Labute approximate surface area is 225 Å². The molecule has 194 valence electrons. The molecule has 0 aliphatic carbocycles. The van der Waals surface area contributed by atoms with Gasteiger partial charge in [-0.05, 0) is 60.4 Å². The van der Waals surface area contributed by atoms with E-state index in [0.717, 1.165) is 23.0 Å². The van der Waals surface area contributed by atoms with Gasteiger partial charge in [0.05, 0.1) is 18.2 Å². The van der Waals surface area contributed by atoms with Crippen molar-refractivity contribution in [2.24, 2.45) is 0 Å². The van der Waals surface area contributed by atoms with E-state index in [1.165, 1.54) is 11.1 Å². The number of aliphatic hydroxyl groups is 1. The maximum Gasteiger partial charge on any atom is 0.407 e. The number of carboxylic acid groups (broad SMARTS) is 1. The first kappa shape index (κ1) is 26.9. The van der Waals surface area contributed by atoms with Gasteiger partial charge in [-0.25, -0.2) is 9.78 Å². The van der Waals surface area contributed by atoms with Crippen LogP contribution in [0.25, 0.3) is 11.1 Å². The van der Waals surface area contributed by atoms with Crippen molar-refractivity contribution in [1.82, 2.24) is 9.88 Å². The van der Waals surface area contributed by atoms with Crippen LogP contribution in [0.2, 0.25) is 5.15 Å². The van der Waals surface area contributed by atoms with Crippen LogP contribution in [-0.4, -0.2) is 45.1 Å². The van der Waals surface area contributed by atoms with Gasteiger partial charge in [-0.3, -0.25) is 4.79 Å². The Bertz CT molecular complexity index is 1380. The monoisotopic (exact) mass is 530 g/mol. The molecule has 3 aromatic carbocycles. The van der Waals surface area contributed by atoms with E-state index in [1.54, 1.807) is 25.1 Å². The van der Waals surface area contributed by atoms with Crippen LogP contribution in [-0.2, 0) is 6.42 Å². The Hall–Kier alpha value is -4.20. The number of amides is 1. The second-order valence-electron chi connectivity index (χ2n) is 8.90. The Morgan fingerprint density at radius 2 is 1.74 bits per heavy atom. The van der Waals surface area contributed by atoms with Crippen LogP contribution in [0.15, 0.2) is 91.1 Å². The van der Waals surface area contributed by atoms with Crippen molar-refractivity contribution in [3.05, 3.63) is 113 Å². The average Bonchev–Trinajstić information content (AvgIpc) is 2.92. The first-order valence-corrected chi connectivity index (χ1v) is 12.4. The van der Waals surface area contributed by atoms with Gasteiger partial charge in [0, 0.05) is 17.8 Å². The molecule has 0 aliphatic heterocycles. The summed E-state index contributed by atoms with van der Waals surface area (Å²) < 4.78 is 5.93. The number of aliphatic hydroxyl groups excluding tert-OH is 1. The molecule has 4 rings (SSSR count). The topological polar surface area (TPSA) is 100.0 Å². The van der Waals surface area contributed by atoms with Crippen LogP contribution in [0.4, 0.5) is 4.79 Å². The van der Waals surface area contributed by atoms with Crippen molar-refractivity contribution in [3.63, 3.8) is 0 Å². The molecule has 2 atom stereocenters. The average molecular weight is 531 g/mol. The smallest absolute Gasteiger partial charge is 0.407 e. The third-order valence-corrected chi connectivity index (χ3v) is 6.44. The lowest BCUT2D eigenvalue weighted by atomic mass is 9.99. The minimum atomic E-state index is -1.11. The molecule has 4 aromatic rings. The Morgan fingerprint density at radius 3 is 2.37 bits per heavy atom. The number of aromatic nitrogens is 1. The number of hydrogen-bond acceptors (Lipinski definition) is 5. The fourth-order valence-electron chi connectivity index (χ4n) is 4.12. The largest absolute Gasteiger partial charge is 0.465 e. The Kier molecular flexibility index (Phi) is 8.73. The van der Waals surface area contributed by atoms with Gasteiger partial charge in [-0.2, -0.15) is 0 Å². The van der Waals surface area contributed by atoms with E-state index in [0.29, 0.717) is 34.2 Å². The number of pyridine rings is 1. The highest BCUT2D eigenvalue weighted by Crippen LogP contribution is 2.30. The number of halogens is 1. The number of nitrogens with zero attached hydrogens (tertiary/aromatic N) is 2. The summed E-state index contributed by atoms with van der Waals surface area (Å²) in [5.41, 5.74) is 3.70. The van der Waals surface area contributed by atoms with Gasteiger partial charge in [0.1, 0.15) is 16.7 Å². The lowest BCUT2D eigenvalue weighted by Gasteiger charge is -2.28. The first-order chi connectivity index (χ1) is 18.3. The number of para-hydroxylation sites is 1. The summed E-state index contributed by atoms with van der Waals surface area (Å²) in [6.45, 7) is 1.71. The molecule has 0 fully saturated rings. The molecule has 8 heteroatoms. The van der Waals surface area contributed by atoms with Crippen LogP contribution in [0.1, 0.15) is 34.5 Å². The molecule has 1 aromatic heterocycles. The Morgan fingerprint density at radius 1 is 1.03 bits per heavy atom.